The summed E-state index contributed by atoms with van der Waals surface area (Å²) in [4.78, 5) is 28.2. The molecule has 1 aromatic heterocycles. The summed E-state index contributed by atoms with van der Waals surface area (Å²) in [6.07, 6.45) is 0. The molecule has 0 aliphatic rings. The molecule has 0 spiro atoms. The van der Waals surface area contributed by atoms with E-state index in [0.717, 1.165) is 27.7 Å². The van der Waals surface area contributed by atoms with Gasteiger partial charge in [-0.15, -0.1) is 0 Å². The van der Waals surface area contributed by atoms with Crippen molar-refractivity contribution in [3.63, 3.8) is 0 Å². The Morgan fingerprint density at radius 3 is 2.23 bits per heavy atom. The first-order valence-corrected chi connectivity index (χ1v) is 9.37. The average molecular weight is 418 g/mol. The molecule has 3 aromatic carbocycles. The number of nitro benzene ring substituents is 1. The summed E-state index contributed by atoms with van der Waals surface area (Å²) < 4.78 is 15.7. The fourth-order valence-corrected chi connectivity index (χ4v) is 3.48. The SMILES string of the molecule is COc1cc(C(=O)OCc2nc3ccccc3c3ccccc23)c([N+](=O)[O-])cc1OC. The molecule has 0 aliphatic carbocycles. The lowest BCUT2D eigenvalue weighted by atomic mass is 10.0. The van der Waals surface area contributed by atoms with E-state index in [9.17, 15) is 14.9 Å². The molecular weight excluding hydrogens is 400 g/mol. The van der Waals surface area contributed by atoms with Crippen LogP contribution in [0.4, 0.5) is 5.69 Å². The van der Waals surface area contributed by atoms with Crippen molar-refractivity contribution in [1.29, 1.82) is 0 Å². The van der Waals surface area contributed by atoms with Crippen molar-refractivity contribution in [3.8, 4) is 11.5 Å². The second-order valence-electron chi connectivity index (χ2n) is 6.68. The van der Waals surface area contributed by atoms with Crippen molar-refractivity contribution in [3.05, 3.63) is 82.0 Å². The summed E-state index contributed by atoms with van der Waals surface area (Å²) in [6.45, 7) is -0.143. The number of hydrogen-bond donors (Lipinski definition) is 0. The van der Waals surface area contributed by atoms with Crippen LogP contribution in [0.15, 0.2) is 60.7 Å². The van der Waals surface area contributed by atoms with Crippen molar-refractivity contribution in [2.24, 2.45) is 0 Å². The highest BCUT2D eigenvalue weighted by Crippen LogP contribution is 2.35. The fourth-order valence-electron chi connectivity index (χ4n) is 3.48. The summed E-state index contributed by atoms with van der Waals surface area (Å²) in [5.41, 5.74) is 0.668. The molecule has 156 valence electrons. The third-order valence-corrected chi connectivity index (χ3v) is 4.95. The van der Waals surface area contributed by atoms with E-state index in [1.165, 1.54) is 20.3 Å². The zero-order valence-corrected chi connectivity index (χ0v) is 16.8. The van der Waals surface area contributed by atoms with Crippen LogP contribution >= 0.6 is 0 Å². The van der Waals surface area contributed by atoms with Crippen molar-refractivity contribution in [1.82, 2.24) is 4.98 Å². The second-order valence-corrected chi connectivity index (χ2v) is 6.68. The molecule has 0 fully saturated rings. The fraction of sp³-hybridized carbons (Fsp3) is 0.130. The van der Waals surface area contributed by atoms with Gasteiger partial charge >= 0.3 is 5.97 Å². The zero-order chi connectivity index (χ0) is 22.0. The Morgan fingerprint density at radius 1 is 0.935 bits per heavy atom. The van der Waals surface area contributed by atoms with Gasteiger partial charge in [0.2, 0.25) is 0 Å². The lowest BCUT2D eigenvalue weighted by Crippen LogP contribution is -2.10. The average Bonchev–Trinajstić information content (AvgIpc) is 2.81. The minimum atomic E-state index is -0.855. The van der Waals surface area contributed by atoms with Gasteiger partial charge in [-0.2, -0.15) is 0 Å². The van der Waals surface area contributed by atoms with Gasteiger partial charge in [-0.05, 0) is 11.5 Å². The third kappa shape index (κ3) is 3.71. The lowest BCUT2D eigenvalue weighted by Gasteiger charge is -2.12. The summed E-state index contributed by atoms with van der Waals surface area (Å²) >= 11 is 0. The minimum absolute atomic E-state index is 0.143. The van der Waals surface area contributed by atoms with Crippen molar-refractivity contribution in [2.75, 3.05) is 14.2 Å². The van der Waals surface area contributed by atoms with Gasteiger partial charge in [-0.25, -0.2) is 9.78 Å². The molecule has 0 atom stereocenters. The van der Waals surface area contributed by atoms with Crippen LogP contribution in [0.25, 0.3) is 21.7 Å². The molecular formula is C23H18N2O6. The molecule has 4 aromatic rings. The van der Waals surface area contributed by atoms with E-state index < -0.39 is 16.6 Å². The molecule has 8 heteroatoms. The van der Waals surface area contributed by atoms with Crippen LogP contribution in [-0.2, 0) is 11.3 Å². The van der Waals surface area contributed by atoms with E-state index in [-0.39, 0.29) is 23.7 Å². The van der Waals surface area contributed by atoms with E-state index in [1.54, 1.807) is 0 Å². The van der Waals surface area contributed by atoms with Crippen molar-refractivity contribution in [2.45, 2.75) is 6.61 Å². The van der Waals surface area contributed by atoms with E-state index in [1.807, 2.05) is 48.5 Å². The van der Waals surface area contributed by atoms with Gasteiger partial charge in [-0.3, -0.25) is 10.1 Å². The predicted molar refractivity (Wildman–Crippen MR) is 115 cm³/mol. The largest absolute Gasteiger partial charge is 0.493 e. The summed E-state index contributed by atoms with van der Waals surface area (Å²) in [5.74, 6) is -0.519. The molecule has 0 unspecified atom stereocenters. The quantitative estimate of drug-likeness (QED) is 0.194. The topological polar surface area (TPSA) is 101 Å². The molecule has 8 nitrogen and oxygen atoms in total. The summed E-state index contributed by atoms with van der Waals surface area (Å²) in [6, 6.07) is 17.7. The number of esters is 1. The Labute approximate surface area is 177 Å². The highest BCUT2D eigenvalue weighted by Gasteiger charge is 2.26. The van der Waals surface area contributed by atoms with Gasteiger partial charge in [-0.1, -0.05) is 42.5 Å². The second kappa shape index (κ2) is 8.27. The Kier molecular flexibility index (Phi) is 5.36. The molecule has 0 saturated carbocycles. The summed E-state index contributed by atoms with van der Waals surface area (Å²) in [5, 5.41) is 14.3. The van der Waals surface area contributed by atoms with E-state index in [2.05, 4.69) is 4.98 Å². The number of pyridine rings is 1. The van der Waals surface area contributed by atoms with Gasteiger partial charge in [0.05, 0.1) is 36.4 Å². The highest BCUT2D eigenvalue weighted by atomic mass is 16.6. The summed E-state index contributed by atoms with van der Waals surface area (Å²) in [7, 11) is 2.74. The standard InChI is InChI=1S/C23H18N2O6/c1-29-21-11-17(20(25(27)28)12-22(21)30-2)23(26)31-13-19-16-9-4-3-7-14(16)15-8-5-6-10-18(15)24-19/h3-12H,13H2,1-2H3. The molecule has 0 saturated heterocycles. The molecule has 4 rings (SSSR count). The first-order valence-electron chi connectivity index (χ1n) is 9.37. The first kappa shape index (κ1) is 20.1. The Morgan fingerprint density at radius 2 is 1.55 bits per heavy atom. The number of fused-ring (bicyclic) bond motifs is 3. The first-order chi connectivity index (χ1) is 15.0. The van der Waals surface area contributed by atoms with Crippen molar-refractivity contribution < 1.29 is 23.9 Å². The Hall–Kier alpha value is -4.20. The number of nitrogens with zero attached hydrogens (tertiary/aromatic N) is 2. The van der Waals surface area contributed by atoms with E-state index in [4.69, 9.17) is 14.2 Å². The van der Waals surface area contributed by atoms with Crippen LogP contribution in [0, 0.1) is 10.1 Å². The lowest BCUT2D eigenvalue weighted by molar-refractivity contribution is -0.385. The van der Waals surface area contributed by atoms with Crippen LogP contribution in [0.3, 0.4) is 0 Å². The minimum Gasteiger partial charge on any atom is -0.493 e. The molecule has 1 heterocycles. The maximum absolute atomic E-state index is 12.8. The molecule has 0 amide bonds. The van der Waals surface area contributed by atoms with Gasteiger partial charge in [0.15, 0.2) is 11.5 Å². The molecule has 0 radical (unpaired) electrons. The predicted octanol–water partition coefficient (Wildman–Crippen LogP) is 4.67. The maximum atomic E-state index is 12.8. The molecule has 31 heavy (non-hydrogen) atoms. The Balaban J connectivity index is 1.71. The van der Waals surface area contributed by atoms with Gasteiger partial charge < -0.3 is 14.2 Å². The van der Waals surface area contributed by atoms with Crippen LogP contribution < -0.4 is 9.47 Å². The number of benzene rings is 3. The van der Waals surface area contributed by atoms with Gasteiger partial charge in [0.25, 0.3) is 5.69 Å². The molecule has 0 bridgehead atoms. The number of hydrogen-bond acceptors (Lipinski definition) is 7. The number of carbonyl (C=O) groups is 1. The van der Waals surface area contributed by atoms with Crippen molar-refractivity contribution >= 4 is 33.3 Å². The highest BCUT2D eigenvalue weighted by molar-refractivity contribution is 6.06. The number of methoxy groups -OCH3 is 2. The van der Waals surface area contributed by atoms with Crippen LogP contribution in [0.2, 0.25) is 0 Å². The molecule has 0 aliphatic heterocycles. The molecule has 0 N–H and O–H groups in total. The van der Waals surface area contributed by atoms with Crippen LogP contribution in [-0.4, -0.2) is 30.1 Å². The smallest absolute Gasteiger partial charge is 0.345 e. The van der Waals surface area contributed by atoms with E-state index in [0.29, 0.717) is 5.69 Å². The van der Waals surface area contributed by atoms with E-state index >= 15 is 0 Å². The number of aromatic nitrogens is 1. The number of ether oxygens (including phenoxy) is 3. The number of rotatable bonds is 6. The van der Waals surface area contributed by atoms with Gasteiger partial charge in [0, 0.05) is 16.8 Å². The third-order valence-electron chi connectivity index (χ3n) is 4.95. The monoisotopic (exact) mass is 418 g/mol. The van der Waals surface area contributed by atoms with Crippen LogP contribution in [0.1, 0.15) is 16.1 Å². The van der Waals surface area contributed by atoms with Crippen LogP contribution in [0.5, 0.6) is 11.5 Å². The zero-order valence-electron chi connectivity index (χ0n) is 16.8. The number of para-hydroxylation sites is 1. The normalized spacial score (nSPS) is 10.8. The number of nitro groups is 1. The maximum Gasteiger partial charge on any atom is 0.345 e. The number of carbonyl (C=O) groups excluding carboxylic acids is 1. The van der Waals surface area contributed by atoms with Gasteiger partial charge in [0.1, 0.15) is 12.2 Å². The Bertz CT molecular complexity index is 1320.